The molecule has 0 radical (unpaired) electrons. The molecule has 190 valence electrons. The minimum absolute atomic E-state index is 0.129. The largest absolute Gasteiger partial charge is 0.377 e. The van der Waals surface area contributed by atoms with Crippen molar-refractivity contribution in [2.45, 2.75) is 19.9 Å². The van der Waals surface area contributed by atoms with Crippen LogP contribution in [0.5, 0.6) is 0 Å². The zero-order valence-electron chi connectivity index (χ0n) is 22.6. The van der Waals surface area contributed by atoms with Crippen molar-refractivity contribution in [3.63, 3.8) is 0 Å². The van der Waals surface area contributed by atoms with Gasteiger partial charge in [-0.25, -0.2) is 0 Å². The number of nitrogens with zero attached hydrogens (tertiary/aromatic N) is 5. The summed E-state index contributed by atoms with van der Waals surface area (Å²) in [6.45, 7) is 13.8. The van der Waals surface area contributed by atoms with E-state index in [1.807, 2.05) is 31.3 Å². The number of allylic oxidation sites excluding steroid dienone is 3. The standard InChI is InChI=1S/C24H36N4.C5H8N2/c1-8-23(19-25-4)20(2)26-24(21(3)28(7)18-17-27(5)6)16-12-15-22-13-10-9-11-14-22;1-3-7-5-4-6-2/h8-16,19-20,26H,3,17-18H2,1-2,4-7H3;3-5H,1H2,2H3/b15-12+,23-8+,24-16+,25-19?;. The first-order valence-corrected chi connectivity index (χ1v) is 11.7. The molecule has 1 rings (SSSR count). The van der Waals surface area contributed by atoms with Gasteiger partial charge in [0.15, 0.2) is 0 Å². The van der Waals surface area contributed by atoms with Crippen LogP contribution in [-0.2, 0) is 0 Å². The SMILES string of the molecule is C=C(/C(=C\C=C\c1ccccc1)NC(C)/C(C=NC)=C/C)N(C)CCN(C)C.C=CN=CC=NC. The van der Waals surface area contributed by atoms with Gasteiger partial charge in [0.2, 0.25) is 0 Å². The van der Waals surface area contributed by atoms with Gasteiger partial charge in [-0.05, 0) is 45.2 Å². The van der Waals surface area contributed by atoms with Crippen molar-refractivity contribution in [2.75, 3.05) is 48.3 Å². The maximum Gasteiger partial charge on any atom is 0.0576 e. The maximum absolute atomic E-state index is 4.33. The van der Waals surface area contributed by atoms with Crippen LogP contribution in [0.1, 0.15) is 19.4 Å². The van der Waals surface area contributed by atoms with Crippen LogP contribution in [0.3, 0.4) is 0 Å². The highest BCUT2D eigenvalue weighted by atomic mass is 15.2. The highest BCUT2D eigenvalue weighted by Crippen LogP contribution is 2.13. The molecule has 35 heavy (non-hydrogen) atoms. The first kappa shape index (κ1) is 31.5. The average molecular weight is 477 g/mol. The molecule has 1 atom stereocenters. The highest BCUT2D eigenvalue weighted by Gasteiger charge is 2.12. The molecular formula is C29H44N6. The molecule has 1 aromatic rings. The molecular weight excluding hydrogens is 432 g/mol. The van der Waals surface area contributed by atoms with E-state index < -0.39 is 0 Å². The number of benzene rings is 1. The normalized spacial score (nSPS) is 13.5. The Morgan fingerprint density at radius 2 is 1.74 bits per heavy atom. The number of likely N-dealkylation sites (N-methyl/N-ethyl adjacent to an activating group) is 2. The van der Waals surface area contributed by atoms with Crippen LogP contribution in [0, 0.1) is 0 Å². The molecule has 0 spiro atoms. The lowest BCUT2D eigenvalue weighted by Crippen LogP contribution is -2.34. The van der Waals surface area contributed by atoms with Gasteiger partial charge < -0.3 is 15.1 Å². The van der Waals surface area contributed by atoms with Crippen LogP contribution >= 0.6 is 0 Å². The molecule has 1 N–H and O–H groups in total. The van der Waals surface area contributed by atoms with E-state index in [9.17, 15) is 0 Å². The lowest BCUT2D eigenvalue weighted by Gasteiger charge is -2.28. The Hall–Kier alpha value is -3.51. The van der Waals surface area contributed by atoms with Crippen LogP contribution in [0.2, 0.25) is 0 Å². The summed E-state index contributed by atoms with van der Waals surface area (Å²) in [6, 6.07) is 10.4. The Balaban J connectivity index is 0.00000143. The number of hydrogen-bond acceptors (Lipinski definition) is 6. The van der Waals surface area contributed by atoms with Crippen molar-refractivity contribution in [3.8, 4) is 0 Å². The Kier molecular flexibility index (Phi) is 17.9. The van der Waals surface area contributed by atoms with E-state index in [-0.39, 0.29) is 6.04 Å². The second-order valence-electron chi connectivity index (χ2n) is 7.95. The summed E-state index contributed by atoms with van der Waals surface area (Å²) < 4.78 is 0. The zero-order chi connectivity index (χ0) is 26.5. The molecule has 0 aliphatic heterocycles. The fourth-order valence-corrected chi connectivity index (χ4v) is 2.81. The topological polar surface area (TPSA) is 55.6 Å². The number of rotatable bonds is 13. The number of aliphatic imine (C=N–C) groups is 3. The predicted octanol–water partition coefficient (Wildman–Crippen LogP) is 5.12. The first-order chi connectivity index (χ1) is 16.8. The van der Waals surface area contributed by atoms with E-state index in [0.29, 0.717) is 0 Å². The summed E-state index contributed by atoms with van der Waals surface area (Å²) in [4.78, 5) is 15.8. The summed E-state index contributed by atoms with van der Waals surface area (Å²) in [5.74, 6) is 0. The molecule has 0 aliphatic carbocycles. The van der Waals surface area contributed by atoms with E-state index in [1.54, 1.807) is 26.5 Å². The summed E-state index contributed by atoms with van der Waals surface area (Å²) in [5, 5.41) is 3.60. The first-order valence-electron chi connectivity index (χ1n) is 11.7. The summed E-state index contributed by atoms with van der Waals surface area (Å²) in [7, 11) is 9.73. The molecule has 0 amide bonds. The molecule has 0 fully saturated rings. The Labute approximate surface area is 213 Å². The second-order valence-corrected chi connectivity index (χ2v) is 7.95. The van der Waals surface area contributed by atoms with Crippen molar-refractivity contribution in [1.29, 1.82) is 0 Å². The Morgan fingerprint density at radius 1 is 1.06 bits per heavy atom. The van der Waals surface area contributed by atoms with Crippen LogP contribution in [-0.4, -0.2) is 82.8 Å². The van der Waals surface area contributed by atoms with Crippen LogP contribution in [0.25, 0.3) is 6.08 Å². The fraction of sp³-hybridized carbons (Fsp3) is 0.345. The fourth-order valence-electron chi connectivity index (χ4n) is 2.81. The van der Waals surface area contributed by atoms with Gasteiger partial charge in [-0.3, -0.25) is 15.0 Å². The minimum Gasteiger partial charge on any atom is -0.377 e. The Bertz CT molecular complexity index is 904. The molecule has 0 aliphatic rings. The van der Waals surface area contributed by atoms with Crippen LogP contribution in [0.15, 0.2) is 99.9 Å². The van der Waals surface area contributed by atoms with E-state index in [1.165, 1.54) is 11.8 Å². The molecule has 6 heteroatoms. The van der Waals surface area contributed by atoms with Crippen LogP contribution < -0.4 is 5.32 Å². The molecule has 0 aromatic heterocycles. The quantitative estimate of drug-likeness (QED) is 0.318. The molecule has 0 saturated carbocycles. The summed E-state index contributed by atoms with van der Waals surface area (Å²) in [5.41, 5.74) is 4.29. The Morgan fingerprint density at radius 3 is 2.29 bits per heavy atom. The third-order valence-electron chi connectivity index (χ3n) is 4.90. The number of hydrogen-bond donors (Lipinski definition) is 1. The molecule has 0 heterocycles. The van der Waals surface area contributed by atoms with Gasteiger partial charge in [0.1, 0.15) is 0 Å². The molecule has 1 aromatic carbocycles. The van der Waals surface area contributed by atoms with Crippen LogP contribution in [0.4, 0.5) is 0 Å². The van der Waals surface area contributed by atoms with Gasteiger partial charge >= 0.3 is 0 Å². The lowest BCUT2D eigenvalue weighted by atomic mass is 10.1. The number of nitrogens with one attached hydrogen (secondary N) is 1. The highest BCUT2D eigenvalue weighted by molar-refractivity contribution is 6.16. The predicted molar refractivity (Wildman–Crippen MR) is 158 cm³/mol. The summed E-state index contributed by atoms with van der Waals surface area (Å²) >= 11 is 0. The van der Waals surface area contributed by atoms with E-state index in [0.717, 1.165) is 30.1 Å². The van der Waals surface area contributed by atoms with E-state index >= 15 is 0 Å². The monoisotopic (exact) mass is 476 g/mol. The molecule has 0 bridgehead atoms. The third-order valence-corrected chi connectivity index (χ3v) is 4.90. The smallest absolute Gasteiger partial charge is 0.0576 e. The summed E-state index contributed by atoms with van der Waals surface area (Å²) in [6.07, 6.45) is 14.9. The van der Waals surface area contributed by atoms with Crippen molar-refractivity contribution >= 4 is 24.7 Å². The third kappa shape index (κ3) is 15.1. The van der Waals surface area contributed by atoms with Gasteiger partial charge in [-0.2, -0.15) is 0 Å². The molecule has 0 saturated heterocycles. The van der Waals surface area contributed by atoms with Gasteiger partial charge in [0.05, 0.1) is 11.4 Å². The maximum atomic E-state index is 4.33. The minimum atomic E-state index is 0.129. The van der Waals surface area contributed by atoms with Crippen molar-refractivity contribution in [2.24, 2.45) is 15.0 Å². The molecule has 1 unspecified atom stereocenters. The van der Waals surface area contributed by atoms with Gasteiger partial charge in [0.25, 0.3) is 0 Å². The van der Waals surface area contributed by atoms with Crippen molar-refractivity contribution < 1.29 is 0 Å². The van der Waals surface area contributed by atoms with Gasteiger partial charge in [-0.15, -0.1) is 0 Å². The molecule has 6 nitrogen and oxygen atoms in total. The van der Waals surface area contributed by atoms with E-state index in [4.69, 9.17) is 0 Å². The lowest BCUT2D eigenvalue weighted by molar-refractivity contribution is 0.327. The average Bonchev–Trinajstić information content (AvgIpc) is 2.86. The van der Waals surface area contributed by atoms with E-state index in [2.05, 4.69) is 108 Å². The van der Waals surface area contributed by atoms with Gasteiger partial charge in [0, 0.05) is 65.1 Å². The van der Waals surface area contributed by atoms with Crippen molar-refractivity contribution in [1.82, 2.24) is 15.1 Å². The van der Waals surface area contributed by atoms with Crippen molar-refractivity contribution in [3.05, 3.63) is 90.4 Å². The van der Waals surface area contributed by atoms with Gasteiger partial charge in [-0.1, -0.05) is 61.7 Å². The second kappa shape index (κ2) is 19.9. The zero-order valence-corrected chi connectivity index (χ0v) is 22.6.